The summed E-state index contributed by atoms with van der Waals surface area (Å²) in [6.45, 7) is 4.89. The topological polar surface area (TPSA) is 78.3 Å². The Hall–Kier alpha value is -2.22. The van der Waals surface area contributed by atoms with Crippen molar-refractivity contribution in [1.29, 1.82) is 0 Å². The normalized spacial score (nSPS) is 10.7. The number of aromatic nitrogens is 3. The molecular formula is C16H22N4O3S. The van der Waals surface area contributed by atoms with E-state index in [-0.39, 0.29) is 11.9 Å². The average molecular weight is 350 g/mol. The number of nitrogens with one attached hydrogen (secondary N) is 1. The van der Waals surface area contributed by atoms with E-state index < -0.39 is 0 Å². The van der Waals surface area contributed by atoms with Crippen LogP contribution >= 0.6 is 11.8 Å². The Bertz CT molecular complexity index is 660. The zero-order valence-corrected chi connectivity index (χ0v) is 14.9. The Morgan fingerprint density at radius 1 is 1.33 bits per heavy atom. The average Bonchev–Trinajstić information content (AvgIpc) is 3.06. The number of hydrogen-bond acceptors (Lipinski definition) is 6. The maximum atomic E-state index is 11.9. The van der Waals surface area contributed by atoms with Gasteiger partial charge in [0.25, 0.3) is 0 Å². The van der Waals surface area contributed by atoms with Crippen LogP contribution in [0.1, 0.15) is 19.9 Å². The van der Waals surface area contributed by atoms with Gasteiger partial charge in [0.1, 0.15) is 12.9 Å². The molecule has 0 radical (unpaired) electrons. The predicted octanol–water partition coefficient (Wildman–Crippen LogP) is 2.15. The summed E-state index contributed by atoms with van der Waals surface area (Å²) < 4.78 is 12.7. The van der Waals surface area contributed by atoms with Gasteiger partial charge in [-0.15, -0.1) is 10.2 Å². The molecule has 0 bridgehead atoms. The number of carbonyl (C=O) groups is 1. The van der Waals surface area contributed by atoms with Gasteiger partial charge in [-0.2, -0.15) is 0 Å². The summed E-state index contributed by atoms with van der Waals surface area (Å²) in [4.78, 5) is 11.9. The van der Waals surface area contributed by atoms with Crippen LogP contribution in [0.2, 0.25) is 0 Å². The third kappa shape index (κ3) is 5.16. The SMILES string of the molecule is COc1ccccc1OCCNC(=O)CSc1nncn1C(C)C. The third-order valence-electron chi connectivity index (χ3n) is 3.18. The molecule has 2 aromatic rings. The standard InChI is InChI=1S/C16H22N4O3S/c1-12(2)20-11-18-19-16(20)24-10-15(21)17-8-9-23-14-7-5-4-6-13(14)22-3/h4-7,11-12H,8-10H2,1-3H3,(H,17,21). The zero-order chi connectivity index (χ0) is 17.4. The molecule has 0 fully saturated rings. The molecule has 1 aromatic carbocycles. The highest BCUT2D eigenvalue weighted by atomic mass is 32.2. The fourth-order valence-corrected chi connectivity index (χ4v) is 2.83. The fraction of sp³-hybridized carbons (Fsp3) is 0.438. The number of hydrogen-bond donors (Lipinski definition) is 1. The Morgan fingerprint density at radius 3 is 2.79 bits per heavy atom. The van der Waals surface area contributed by atoms with E-state index in [1.807, 2.05) is 42.7 Å². The molecule has 7 nitrogen and oxygen atoms in total. The largest absolute Gasteiger partial charge is 0.493 e. The fourth-order valence-electron chi connectivity index (χ4n) is 1.96. The van der Waals surface area contributed by atoms with Crippen molar-refractivity contribution in [1.82, 2.24) is 20.1 Å². The van der Waals surface area contributed by atoms with Crippen molar-refractivity contribution in [2.24, 2.45) is 0 Å². The monoisotopic (exact) mass is 350 g/mol. The lowest BCUT2D eigenvalue weighted by molar-refractivity contribution is -0.118. The van der Waals surface area contributed by atoms with Crippen LogP contribution in [-0.4, -0.2) is 46.7 Å². The molecule has 0 saturated heterocycles. The third-order valence-corrected chi connectivity index (χ3v) is 4.14. The number of carbonyl (C=O) groups excluding carboxylic acids is 1. The summed E-state index contributed by atoms with van der Waals surface area (Å²) in [7, 11) is 1.59. The maximum absolute atomic E-state index is 11.9. The number of benzene rings is 1. The van der Waals surface area contributed by atoms with Crippen LogP contribution in [0.3, 0.4) is 0 Å². The van der Waals surface area contributed by atoms with Gasteiger partial charge in [-0.05, 0) is 26.0 Å². The van der Waals surface area contributed by atoms with E-state index in [2.05, 4.69) is 15.5 Å². The van der Waals surface area contributed by atoms with E-state index in [0.717, 1.165) is 5.16 Å². The lowest BCUT2D eigenvalue weighted by atomic mass is 10.3. The summed E-state index contributed by atoms with van der Waals surface area (Å²) in [5.41, 5.74) is 0. The molecule has 0 aliphatic heterocycles. The first-order chi connectivity index (χ1) is 11.6. The van der Waals surface area contributed by atoms with Crippen LogP contribution in [0.25, 0.3) is 0 Å². The first-order valence-corrected chi connectivity index (χ1v) is 8.65. The summed E-state index contributed by atoms with van der Waals surface area (Å²) >= 11 is 1.37. The van der Waals surface area contributed by atoms with Crippen molar-refractivity contribution in [2.45, 2.75) is 25.0 Å². The van der Waals surface area contributed by atoms with E-state index in [0.29, 0.717) is 30.4 Å². The summed E-state index contributed by atoms with van der Waals surface area (Å²) in [6, 6.07) is 7.67. The molecule has 8 heteroatoms. The maximum Gasteiger partial charge on any atom is 0.230 e. The van der Waals surface area contributed by atoms with Crippen LogP contribution in [0, 0.1) is 0 Å². The second-order valence-corrected chi connectivity index (χ2v) is 6.19. The lowest BCUT2D eigenvalue weighted by Gasteiger charge is -2.11. The summed E-state index contributed by atoms with van der Waals surface area (Å²) in [5, 5.41) is 11.5. The molecule has 0 aliphatic rings. The number of rotatable bonds is 9. The molecule has 0 aliphatic carbocycles. The minimum Gasteiger partial charge on any atom is -0.493 e. The molecule has 130 valence electrons. The number of para-hydroxylation sites is 2. The van der Waals surface area contributed by atoms with Gasteiger partial charge in [0.05, 0.1) is 19.4 Å². The Morgan fingerprint density at radius 2 is 2.08 bits per heavy atom. The van der Waals surface area contributed by atoms with E-state index in [1.54, 1.807) is 13.4 Å². The van der Waals surface area contributed by atoms with Crippen LogP contribution in [0.4, 0.5) is 0 Å². The molecule has 2 rings (SSSR count). The second-order valence-electron chi connectivity index (χ2n) is 5.25. The van der Waals surface area contributed by atoms with Gasteiger partial charge in [-0.1, -0.05) is 23.9 Å². The van der Waals surface area contributed by atoms with Gasteiger partial charge in [0, 0.05) is 6.04 Å². The summed E-state index contributed by atoms with van der Waals surface area (Å²) in [6.07, 6.45) is 1.67. The second kappa shape index (κ2) is 9.17. The van der Waals surface area contributed by atoms with Crippen LogP contribution in [-0.2, 0) is 4.79 Å². The first kappa shape index (κ1) is 18.1. The number of ether oxygens (including phenoxy) is 2. The van der Waals surface area contributed by atoms with Gasteiger partial charge >= 0.3 is 0 Å². The molecular weight excluding hydrogens is 328 g/mol. The van der Waals surface area contributed by atoms with Crippen molar-refractivity contribution in [2.75, 3.05) is 26.0 Å². The molecule has 24 heavy (non-hydrogen) atoms. The lowest BCUT2D eigenvalue weighted by Crippen LogP contribution is -2.29. The molecule has 1 amide bonds. The molecule has 0 saturated carbocycles. The molecule has 1 N–H and O–H groups in total. The molecule has 0 spiro atoms. The van der Waals surface area contributed by atoms with Gasteiger partial charge in [0.2, 0.25) is 5.91 Å². The number of nitrogens with zero attached hydrogens (tertiary/aromatic N) is 3. The molecule has 0 unspecified atom stereocenters. The van der Waals surface area contributed by atoms with Crippen molar-refractivity contribution in [3.63, 3.8) is 0 Å². The quantitative estimate of drug-likeness (QED) is 0.551. The minimum absolute atomic E-state index is 0.0677. The van der Waals surface area contributed by atoms with E-state index in [4.69, 9.17) is 9.47 Å². The van der Waals surface area contributed by atoms with Crippen molar-refractivity contribution in [3.05, 3.63) is 30.6 Å². The number of amides is 1. The number of methoxy groups -OCH3 is 1. The molecule has 1 aromatic heterocycles. The predicted molar refractivity (Wildman–Crippen MR) is 92.6 cm³/mol. The van der Waals surface area contributed by atoms with Crippen LogP contribution < -0.4 is 14.8 Å². The van der Waals surface area contributed by atoms with Crippen LogP contribution in [0.5, 0.6) is 11.5 Å². The minimum atomic E-state index is -0.0677. The highest BCUT2D eigenvalue weighted by Gasteiger charge is 2.10. The van der Waals surface area contributed by atoms with Gasteiger partial charge in [0.15, 0.2) is 16.7 Å². The van der Waals surface area contributed by atoms with E-state index in [1.165, 1.54) is 11.8 Å². The Labute approximate surface area is 145 Å². The van der Waals surface area contributed by atoms with Crippen LogP contribution in [0.15, 0.2) is 35.7 Å². The Kier molecular flexibility index (Phi) is 6.92. The van der Waals surface area contributed by atoms with E-state index in [9.17, 15) is 4.79 Å². The smallest absolute Gasteiger partial charge is 0.230 e. The Balaban J connectivity index is 1.69. The van der Waals surface area contributed by atoms with Gasteiger partial charge < -0.3 is 19.4 Å². The van der Waals surface area contributed by atoms with Gasteiger partial charge in [-0.3, -0.25) is 4.79 Å². The first-order valence-electron chi connectivity index (χ1n) is 7.66. The highest BCUT2D eigenvalue weighted by Crippen LogP contribution is 2.25. The number of thioether (sulfide) groups is 1. The zero-order valence-electron chi connectivity index (χ0n) is 14.1. The van der Waals surface area contributed by atoms with Crippen molar-refractivity contribution in [3.8, 4) is 11.5 Å². The van der Waals surface area contributed by atoms with E-state index >= 15 is 0 Å². The van der Waals surface area contributed by atoms with Gasteiger partial charge in [-0.25, -0.2) is 0 Å². The van der Waals surface area contributed by atoms with Crippen molar-refractivity contribution >= 4 is 17.7 Å². The summed E-state index contributed by atoms with van der Waals surface area (Å²) in [5.74, 6) is 1.56. The molecule has 0 atom stereocenters. The molecule has 1 heterocycles. The van der Waals surface area contributed by atoms with Crippen molar-refractivity contribution < 1.29 is 14.3 Å². The highest BCUT2D eigenvalue weighted by molar-refractivity contribution is 7.99.